The van der Waals surface area contributed by atoms with Crippen molar-refractivity contribution in [3.05, 3.63) is 11.8 Å². The van der Waals surface area contributed by atoms with Crippen molar-refractivity contribution in [3.8, 4) is 0 Å². The standard InChI is InChI=1S/C7H9F2NO/c1-6(2,11)5-3-7(8,9)4-10-5/h3-4,11H,1-2H3. The van der Waals surface area contributed by atoms with Gasteiger partial charge in [-0.25, -0.2) is 0 Å². The summed E-state index contributed by atoms with van der Waals surface area (Å²) in [5, 5.41) is 9.23. The number of nitrogens with zero attached hydrogens (tertiary/aromatic N) is 1. The molecule has 1 heterocycles. The fourth-order valence-electron chi connectivity index (χ4n) is 0.747. The highest BCUT2D eigenvalue weighted by molar-refractivity contribution is 5.74. The molecule has 0 unspecified atom stereocenters. The predicted octanol–water partition coefficient (Wildman–Crippen LogP) is 1.36. The summed E-state index contributed by atoms with van der Waals surface area (Å²) < 4.78 is 24.8. The van der Waals surface area contributed by atoms with E-state index in [-0.39, 0.29) is 5.70 Å². The van der Waals surface area contributed by atoms with E-state index in [9.17, 15) is 13.9 Å². The molecule has 1 rings (SSSR count). The van der Waals surface area contributed by atoms with Crippen LogP contribution in [0, 0.1) is 0 Å². The van der Waals surface area contributed by atoms with Crippen LogP contribution in [0.4, 0.5) is 8.78 Å². The van der Waals surface area contributed by atoms with Crippen LogP contribution in [0.15, 0.2) is 16.8 Å². The Hall–Kier alpha value is -0.770. The van der Waals surface area contributed by atoms with Crippen molar-refractivity contribution in [2.24, 2.45) is 4.99 Å². The van der Waals surface area contributed by atoms with E-state index in [0.29, 0.717) is 12.3 Å². The molecule has 0 aromatic heterocycles. The SMILES string of the molecule is CC(C)(O)C1=CC(F)(F)C=N1. The highest BCUT2D eigenvalue weighted by atomic mass is 19.3. The minimum Gasteiger partial charge on any atom is -0.384 e. The van der Waals surface area contributed by atoms with Crippen LogP contribution in [0.1, 0.15) is 13.8 Å². The van der Waals surface area contributed by atoms with Crippen LogP contribution >= 0.6 is 0 Å². The monoisotopic (exact) mass is 161 g/mol. The number of allylic oxidation sites excluding steroid dienone is 1. The summed E-state index contributed by atoms with van der Waals surface area (Å²) in [6, 6.07) is 0. The van der Waals surface area contributed by atoms with Gasteiger partial charge in [0.25, 0.3) is 0 Å². The van der Waals surface area contributed by atoms with Gasteiger partial charge in [-0.15, -0.1) is 0 Å². The first-order chi connectivity index (χ1) is 4.81. The zero-order valence-corrected chi connectivity index (χ0v) is 6.31. The van der Waals surface area contributed by atoms with E-state index >= 15 is 0 Å². The van der Waals surface area contributed by atoms with Gasteiger partial charge in [0, 0.05) is 6.08 Å². The minimum absolute atomic E-state index is 0.0162. The Bertz CT molecular complexity index is 225. The lowest BCUT2D eigenvalue weighted by atomic mass is 10.1. The molecule has 4 heteroatoms. The molecule has 2 nitrogen and oxygen atoms in total. The summed E-state index contributed by atoms with van der Waals surface area (Å²) in [6.07, 6.45) is 1.19. The van der Waals surface area contributed by atoms with Gasteiger partial charge >= 0.3 is 5.92 Å². The Kier molecular flexibility index (Phi) is 1.59. The molecule has 0 aliphatic carbocycles. The van der Waals surface area contributed by atoms with E-state index < -0.39 is 11.5 Å². The topological polar surface area (TPSA) is 32.6 Å². The molecule has 1 N–H and O–H groups in total. The highest BCUT2D eigenvalue weighted by Gasteiger charge is 2.33. The van der Waals surface area contributed by atoms with Crippen molar-refractivity contribution in [3.63, 3.8) is 0 Å². The van der Waals surface area contributed by atoms with E-state index in [2.05, 4.69) is 4.99 Å². The first kappa shape index (κ1) is 8.33. The lowest BCUT2D eigenvalue weighted by Crippen LogP contribution is -2.20. The average Bonchev–Trinajstić information content (AvgIpc) is 2.07. The van der Waals surface area contributed by atoms with Gasteiger partial charge in [0.05, 0.1) is 11.9 Å². The van der Waals surface area contributed by atoms with Gasteiger partial charge in [-0.3, -0.25) is 4.99 Å². The molecule has 0 saturated heterocycles. The number of rotatable bonds is 1. The third-order valence-corrected chi connectivity index (χ3v) is 1.33. The Balaban J connectivity index is 2.89. The maximum Gasteiger partial charge on any atom is 0.303 e. The van der Waals surface area contributed by atoms with E-state index in [1.165, 1.54) is 13.8 Å². The molecule has 0 spiro atoms. The summed E-state index contributed by atoms with van der Waals surface area (Å²) in [6.45, 7) is 2.83. The quantitative estimate of drug-likeness (QED) is 0.618. The van der Waals surface area contributed by atoms with Crippen LogP contribution < -0.4 is 0 Å². The summed E-state index contributed by atoms with van der Waals surface area (Å²) >= 11 is 0. The smallest absolute Gasteiger partial charge is 0.303 e. The first-order valence-electron chi connectivity index (χ1n) is 3.20. The number of alkyl halides is 2. The van der Waals surface area contributed by atoms with Crippen LogP contribution in [-0.2, 0) is 0 Å². The van der Waals surface area contributed by atoms with Gasteiger partial charge in [-0.2, -0.15) is 8.78 Å². The van der Waals surface area contributed by atoms with Crippen LogP contribution in [-0.4, -0.2) is 22.8 Å². The fraction of sp³-hybridized carbons (Fsp3) is 0.571. The van der Waals surface area contributed by atoms with Crippen molar-refractivity contribution in [2.75, 3.05) is 0 Å². The second-order valence-electron chi connectivity index (χ2n) is 3.02. The Morgan fingerprint density at radius 3 is 2.27 bits per heavy atom. The number of aliphatic imine (C=N–C) groups is 1. The van der Waals surface area contributed by atoms with Gasteiger partial charge in [-0.05, 0) is 13.8 Å². The number of hydrogen-bond acceptors (Lipinski definition) is 2. The van der Waals surface area contributed by atoms with Gasteiger partial charge in [0.1, 0.15) is 5.60 Å². The molecule has 62 valence electrons. The van der Waals surface area contributed by atoms with E-state index in [0.717, 1.165) is 0 Å². The Labute approximate surface area is 63.3 Å². The molecule has 0 atom stereocenters. The van der Waals surface area contributed by atoms with Crippen molar-refractivity contribution in [1.29, 1.82) is 0 Å². The third kappa shape index (κ3) is 1.83. The molecule has 1 aliphatic heterocycles. The van der Waals surface area contributed by atoms with Crippen LogP contribution in [0.3, 0.4) is 0 Å². The third-order valence-electron chi connectivity index (χ3n) is 1.33. The van der Waals surface area contributed by atoms with Crippen molar-refractivity contribution in [1.82, 2.24) is 0 Å². The zero-order chi connectivity index (χ0) is 8.70. The van der Waals surface area contributed by atoms with Crippen LogP contribution in [0.25, 0.3) is 0 Å². The molecule has 0 saturated carbocycles. The Morgan fingerprint density at radius 2 is 2.09 bits per heavy atom. The molecule has 11 heavy (non-hydrogen) atoms. The molecule has 0 fully saturated rings. The van der Waals surface area contributed by atoms with Crippen molar-refractivity contribution < 1.29 is 13.9 Å². The summed E-state index contributed by atoms with van der Waals surface area (Å²) in [5.41, 5.74) is -1.27. The first-order valence-corrected chi connectivity index (χ1v) is 3.20. The van der Waals surface area contributed by atoms with Gasteiger partial charge < -0.3 is 5.11 Å². The highest BCUT2D eigenvalue weighted by Crippen LogP contribution is 2.28. The lowest BCUT2D eigenvalue weighted by molar-refractivity contribution is 0.111. The molecule has 0 aromatic carbocycles. The van der Waals surface area contributed by atoms with Gasteiger partial charge in [0.15, 0.2) is 0 Å². The van der Waals surface area contributed by atoms with Gasteiger partial charge in [-0.1, -0.05) is 0 Å². The van der Waals surface area contributed by atoms with E-state index in [1.54, 1.807) is 0 Å². The Morgan fingerprint density at radius 1 is 1.55 bits per heavy atom. The summed E-state index contributed by atoms with van der Waals surface area (Å²) in [7, 11) is 0. The molecule has 0 aromatic rings. The molecule has 0 bridgehead atoms. The largest absolute Gasteiger partial charge is 0.384 e. The van der Waals surface area contributed by atoms with Gasteiger partial charge in [0.2, 0.25) is 0 Å². The predicted molar refractivity (Wildman–Crippen MR) is 37.8 cm³/mol. The lowest BCUT2D eigenvalue weighted by Gasteiger charge is -2.15. The summed E-state index contributed by atoms with van der Waals surface area (Å²) in [4.78, 5) is 3.40. The zero-order valence-electron chi connectivity index (χ0n) is 6.31. The van der Waals surface area contributed by atoms with E-state index in [1.807, 2.05) is 0 Å². The second kappa shape index (κ2) is 2.11. The van der Waals surface area contributed by atoms with Crippen LogP contribution in [0.2, 0.25) is 0 Å². The summed E-state index contributed by atoms with van der Waals surface area (Å²) in [5.74, 6) is -2.99. The molecular weight excluding hydrogens is 152 g/mol. The minimum atomic E-state index is -2.99. The maximum absolute atomic E-state index is 12.4. The number of aliphatic hydroxyl groups is 1. The molecule has 0 amide bonds. The number of hydrogen-bond donors (Lipinski definition) is 1. The second-order valence-corrected chi connectivity index (χ2v) is 3.02. The van der Waals surface area contributed by atoms with Crippen LogP contribution in [0.5, 0.6) is 0 Å². The number of halogens is 2. The van der Waals surface area contributed by atoms with Crippen molar-refractivity contribution in [2.45, 2.75) is 25.4 Å². The maximum atomic E-state index is 12.4. The normalized spacial score (nSPS) is 22.1. The molecule has 1 aliphatic rings. The fourth-order valence-corrected chi connectivity index (χ4v) is 0.747. The van der Waals surface area contributed by atoms with Crippen molar-refractivity contribution >= 4 is 6.21 Å². The molecule has 0 radical (unpaired) electrons. The van der Waals surface area contributed by atoms with E-state index in [4.69, 9.17) is 0 Å². The molecular formula is C7H9F2NO. The average molecular weight is 161 g/mol.